The maximum absolute atomic E-state index is 12.9. The van der Waals surface area contributed by atoms with Gasteiger partial charge in [0.25, 0.3) is 0 Å². The largest absolute Gasteiger partial charge is 0.468 e. The third-order valence-corrected chi connectivity index (χ3v) is 2.70. The van der Waals surface area contributed by atoms with Crippen molar-refractivity contribution in [2.24, 2.45) is 0 Å². The van der Waals surface area contributed by atoms with Crippen LogP contribution in [0.2, 0.25) is 5.02 Å². The zero-order valence-corrected chi connectivity index (χ0v) is 10.8. The summed E-state index contributed by atoms with van der Waals surface area (Å²) in [7, 11) is 1.33. The lowest BCUT2D eigenvalue weighted by Crippen LogP contribution is -2.46. The Bertz CT molecular complexity index is 421. The van der Waals surface area contributed by atoms with Gasteiger partial charge in [-0.1, -0.05) is 17.7 Å². The van der Waals surface area contributed by atoms with Gasteiger partial charge in [-0.05, 0) is 31.5 Å². The number of hydrogen-bond donors (Lipinski definition) is 1. The van der Waals surface area contributed by atoms with Gasteiger partial charge in [0.15, 0.2) is 0 Å². The van der Waals surface area contributed by atoms with Crippen LogP contribution in [0.15, 0.2) is 18.2 Å². The summed E-state index contributed by atoms with van der Waals surface area (Å²) < 4.78 is 17.6. The first kappa shape index (κ1) is 13.9. The third kappa shape index (κ3) is 3.68. The van der Waals surface area contributed by atoms with E-state index in [1.807, 2.05) is 0 Å². The van der Waals surface area contributed by atoms with E-state index in [1.165, 1.54) is 19.2 Å². The van der Waals surface area contributed by atoms with Gasteiger partial charge in [-0.2, -0.15) is 0 Å². The molecule has 0 aliphatic rings. The number of ether oxygens (including phenoxy) is 1. The van der Waals surface area contributed by atoms with E-state index in [0.29, 0.717) is 6.54 Å². The van der Waals surface area contributed by atoms with Crippen LogP contribution in [-0.2, 0) is 16.1 Å². The summed E-state index contributed by atoms with van der Waals surface area (Å²) in [6.45, 7) is 3.83. The molecule has 1 aromatic rings. The fourth-order valence-corrected chi connectivity index (χ4v) is 1.50. The van der Waals surface area contributed by atoms with Crippen molar-refractivity contribution in [1.82, 2.24) is 5.32 Å². The van der Waals surface area contributed by atoms with Crippen molar-refractivity contribution in [1.29, 1.82) is 0 Å². The lowest BCUT2D eigenvalue weighted by atomic mass is 10.1. The number of nitrogens with one attached hydrogen (secondary N) is 1. The van der Waals surface area contributed by atoms with Gasteiger partial charge in [-0.3, -0.25) is 10.1 Å². The zero-order valence-electron chi connectivity index (χ0n) is 10.0. The molecule has 17 heavy (non-hydrogen) atoms. The Balaban J connectivity index is 2.67. The van der Waals surface area contributed by atoms with E-state index in [0.717, 1.165) is 5.56 Å². The molecule has 0 aromatic heterocycles. The predicted molar refractivity (Wildman–Crippen MR) is 64.3 cm³/mol. The van der Waals surface area contributed by atoms with Crippen LogP contribution >= 0.6 is 11.6 Å². The molecule has 0 aliphatic heterocycles. The van der Waals surface area contributed by atoms with E-state index >= 15 is 0 Å². The number of hydrogen-bond acceptors (Lipinski definition) is 3. The fraction of sp³-hybridized carbons (Fsp3) is 0.417. The second-order valence-corrected chi connectivity index (χ2v) is 4.63. The Hall–Kier alpha value is -1.13. The van der Waals surface area contributed by atoms with Crippen LogP contribution in [0, 0.1) is 5.82 Å². The second-order valence-electron chi connectivity index (χ2n) is 4.22. The summed E-state index contributed by atoms with van der Waals surface area (Å²) in [5.74, 6) is -0.812. The molecule has 0 amide bonds. The molecule has 0 unspecified atom stereocenters. The number of methoxy groups -OCH3 is 1. The lowest BCUT2D eigenvalue weighted by molar-refractivity contribution is -0.147. The van der Waals surface area contributed by atoms with Crippen molar-refractivity contribution >= 4 is 17.6 Å². The standard InChI is InChI=1S/C12H15ClFNO2/c1-12(2,11(16)17-3)15-7-8-4-5-10(14)9(13)6-8/h4-6,15H,7H2,1-3H3. The second kappa shape index (κ2) is 5.47. The molecule has 5 heteroatoms. The highest BCUT2D eigenvalue weighted by molar-refractivity contribution is 6.30. The van der Waals surface area contributed by atoms with Crippen molar-refractivity contribution < 1.29 is 13.9 Å². The van der Waals surface area contributed by atoms with Gasteiger partial charge in [0.05, 0.1) is 12.1 Å². The molecule has 0 bridgehead atoms. The molecule has 0 spiro atoms. The van der Waals surface area contributed by atoms with Crippen molar-refractivity contribution in [2.75, 3.05) is 7.11 Å². The van der Waals surface area contributed by atoms with Crippen LogP contribution < -0.4 is 5.32 Å². The highest BCUT2D eigenvalue weighted by Crippen LogP contribution is 2.16. The molecule has 0 aliphatic carbocycles. The van der Waals surface area contributed by atoms with Crippen molar-refractivity contribution in [3.05, 3.63) is 34.6 Å². The molecule has 94 valence electrons. The van der Waals surface area contributed by atoms with E-state index in [9.17, 15) is 9.18 Å². The smallest absolute Gasteiger partial charge is 0.325 e. The Labute approximate surface area is 105 Å². The van der Waals surface area contributed by atoms with Gasteiger partial charge >= 0.3 is 5.97 Å². The molecule has 1 rings (SSSR count). The summed E-state index contributed by atoms with van der Waals surface area (Å²) in [6.07, 6.45) is 0. The number of benzene rings is 1. The molecule has 0 saturated heterocycles. The van der Waals surface area contributed by atoms with Crippen molar-refractivity contribution in [2.45, 2.75) is 25.9 Å². The number of rotatable bonds is 4. The third-order valence-electron chi connectivity index (χ3n) is 2.41. The zero-order chi connectivity index (χ0) is 13.1. The predicted octanol–water partition coefficient (Wildman–Crippen LogP) is 2.52. The normalized spacial score (nSPS) is 11.4. The first-order valence-electron chi connectivity index (χ1n) is 5.14. The Morgan fingerprint density at radius 2 is 2.18 bits per heavy atom. The minimum atomic E-state index is -0.796. The topological polar surface area (TPSA) is 38.3 Å². The molecular formula is C12H15ClFNO2. The average Bonchev–Trinajstić information content (AvgIpc) is 2.29. The van der Waals surface area contributed by atoms with Crippen LogP contribution in [0.3, 0.4) is 0 Å². The van der Waals surface area contributed by atoms with Gasteiger partial charge in [0, 0.05) is 6.54 Å². The quantitative estimate of drug-likeness (QED) is 0.845. The summed E-state index contributed by atoms with van der Waals surface area (Å²) in [4.78, 5) is 11.4. The Morgan fingerprint density at radius 1 is 1.53 bits per heavy atom. The van der Waals surface area contributed by atoms with E-state index in [2.05, 4.69) is 10.1 Å². The van der Waals surface area contributed by atoms with Crippen LogP contribution in [0.5, 0.6) is 0 Å². The first-order chi connectivity index (χ1) is 7.86. The van der Waals surface area contributed by atoms with Gasteiger partial charge in [0.2, 0.25) is 0 Å². The van der Waals surface area contributed by atoms with Crippen LogP contribution in [0.1, 0.15) is 19.4 Å². The van der Waals surface area contributed by atoms with Gasteiger partial charge < -0.3 is 4.74 Å². The number of carbonyl (C=O) groups excluding carboxylic acids is 1. The summed E-state index contributed by atoms with van der Waals surface area (Å²) in [6, 6.07) is 4.43. The minimum Gasteiger partial charge on any atom is -0.468 e. The van der Waals surface area contributed by atoms with Gasteiger partial charge in [0.1, 0.15) is 11.4 Å². The molecule has 0 radical (unpaired) electrons. The van der Waals surface area contributed by atoms with E-state index in [4.69, 9.17) is 11.6 Å². The number of halogens is 2. The maximum Gasteiger partial charge on any atom is 0.325 e. The van der Waals surface area contributed by atoms with Crippen molar-refractivity contribution in [3.8, 4) is 0 Å². The molecule has 1 N–H and O–H groups in total. The van der Waals surface area contributed by atoms with E-state index in [1.54, 1.807) is 19.9 Å². The summed E-state index contributed by atoms with van der Waals surface area (Å²) in [5, 5.41) is 3.09. The minimum absolute atomic E-state index is 0.0696. The number of carbonyl (C=O) groups is 1. The Morgan fingerprint density at radius 3 is 2.71 bits per heavy atom. The molecule has 3 nitrogen and oxygen atoms in total. The molecule has 0 atom stereocenters. The number of esters is 1. The van der Waals surface area contributed by atoms with Crippen LogP contribution in [0.4, 0.5) is 4.39 Å². The SMILES string of the molecule is COC(=O)C(C)(C)NCc1ccc(F)c(Cl)c1. The molecule has 0 heterocycles. The molecule has 1 aromatic carbocycles. The highest BCUT2D eigenvalue weighted by Gasteiger charge is 2.27. The van der Waals surface area contributed by atoms with Gasteiger partial charge in [-0.25, -0.2) is 4.39 Å². The molecule has 0 saturated carbocycles. The Kier molecular flexibility index (Phi) is 4.48. The highest BCUT2D eigenvalue weighted by atomic mass is 35.5. The van der Waals surface area contributed by atoms with E-state index in [-0.39, 0.29) is 11.0 Å². The van der Waals surface area contributed by atoms with Crippen LogP contribution in [-0.4, -0.2) is 18.6 Å². The van der Waals surface area contributed by atoms with E-state index < -0.39 is 11.4 Å². The molecule has 0 fully saturated rings. The molecular weight excluding hydrogens is 245 g/mol. The van der Waals surface area contributed by atoms with Crippen molar-refractivity contribution in [3.63, 3.8) is 0 Å². The summed E-state index contributed by atoms with van der Waals surface area (Å²) >= 11 is 5.66. The van der Waals surface area contributed by atoms with Crippen LogP contribution in [0.25, 0.3) is 0 Å². The van der Waals surface area contributed by atoms with Gasteiger partial charge in [-0.15, -0.1) is 0 Å². The monoisotopic (exact) mass is 259 g/mol. The first-order valence-corrected chi connectivity index (χ1v) is 5.52. The maximum atomic E-state index is 12.9. The fourth-order valence-electron chi connectivity index (χ4n) is 1.30. The average molecular weight is 260 g/mol. The lowest BCUT2D eigenvalue weighted by Gasteiger charge is -2.23. The summed E-state index contributed by atoms with van der Waals surface area (Å²) in [5.41, 5.74) is 0.00340.